The molecule has 0 saturated heterocycles. The summed E-state index contributed by atoms with van der Waals surface area (Å²) < 4.78 is 5.44. The van der Waals surface area contributed by atoms with E-state index in [2.05, 4.69) is 19.3 Å². The number of nitrogens with two attached hydrogens (primary N) is 1. The molecule has 1 atom stereocenters. The molecule has 15 heavy (non-hydrogen) atoms. The van der Waals surface area contributed by atoms with Gasteiger partial charge in [0.15, 0.2) is 0 Å². The summed E-state index contributed by atoms with van der Waals surface area (Å²) in [5.74, 6) is 5.41. The molecule has 0 aliphatic carbocycles. The van der Waals surface area contributed by atoms with Crippen LogP contribution >= 0.6 is 0 Å². The molecule has 0 spiro atoms. The second-order valence-corrected chi connectivity index (χ2v) is 3.81. The Morgan fingerprint density at radius 3 is 2.73 bits per heavy atom. The van der Waals surface area contributed by atoms with Gasteiger partial charge in [0.1, 0.15) is 0 Å². The zero-order valence-corrected chi connectivity index (χ0v) is 9.92. The predicted molar refractivity (Wildman–Crippen MR) is 61.1 cm³/mol. The quantitative estimate of drug-likeness (QED) is 0.266. The minimum Gasteiger partial charge on any atom is -0.381 e. The fraction of sp³-hybridized carbons (Fsp3) is 0.909. The second-order valence-electron chi connectivity index (χ2n) is 3.81. The summed E-state index contributed by atoms with van der Waals surface area (Å²) >= 11 is 0. The van der Waals surface area contributed by atoms with Gasteiger partial charge >= 0.3 is 0 Å². The van der Waals surface area contributed by atoms with Crippen LogP contribution in [0.1, 0.15) is 46.0 Å². The zero-order valence-electron chi connectivity index (χ0n) is 9.92. The molecule has 4 heteroatoms. The van der Waals surface area contributed by atoms with Crippen molar-refractivity contribution >= 4 is 5.91 Å². The van der Waals surface area contributed by atoms with Gasteiger partial charge in [-0.3, -0.25) is 10.2 Å². The third-order valence-corrected chi connectivity index (χ3v) is 2.53. The molecule has 0 bridgehead atoms. The first-order valence-corrected chi connectivity index (χ1v) is 5.81. The van der Waals surface area contributed by atoms with Crippen LogP contribution in [0.5, 0.6) is 0 Å². The van der Waals surface area contributed by atoms with Gasteiger partial charge in [0, 0.05) is 6.61 Å². The highest BCUT2D eigenvalue weighted by molar-refractivity contribution is 5.75. The number of carbonyl (C=O) groups excluding carboxylic acids is 1. The molecule has 90 valence electrons. The number of amides is 1. The molecule has 3 N–H and O–H groups in total. The average Bonchev–Trinajstić information content (AvgIpc) is 2.27. The number of nitrogens with one attached hydrogen (secondary N) is 1. The van der Waals surface area contributed by atoms with E-state index in [-0.39, 0.29) is 5.91 Å². The van der Waals surface area contributed by atoms with Gasteiger partial charge in [-0.1, -0.05) is 33.1 Å². The van der Waals surface area contributed by atoms with Gasteiger partial charge in [-0.15, -0.1) is 0 Å². The van der Waals surface area contributed by atoms with E-state index in [1.165, 1.54) is 19.3 Å². The van der Waals surface area contributed by atoms with Crippen LogP contribution in [0.2, 0.25) is 0 Å². The Kier molecular flexibility index (Phi) is 9.52. The lowest BCUT2D eigenvalue weighted by Gasteiger charge is -2.14. The second kappa shape index (κ2) is 9.93. The minimum atomic E-state index is -0.170. The molecule has 0 aromatic heterocycles. The van der Waals surface area contributed by atoms with Crippen molar-refractivity contribution in [2.45, 2.75) is 46.0 Å². The SMILES string of the molecule is CCCCC(CC)COCCC(=O)NN. The van der Waals surface area contributed by atoms with E-state index >= 15 is 0 Å². The van der Waals surface area contributed by atoms with Crippen LogP contribution in [-0.2, 0) is 9.53 Å². The van der Waals surface area contributed by atoms with Gasteiger partial charge in [0.25, 0.3) is 0 Å². The van der Waals surface area contributed by atoms with Crippen LogP contribution < -0.4 is 11.3 Å². The lowest BCUT2D eigenvalue weighted by molar-refractivity contribution is -0.122. The van der Waals surface area contributed by atoms with Crippen molar-refractivity contribution in [2.75, 3.05) is 13.2 Å². The summed E-state index contributed by atoms with van der Waals surface area (Å²) in [5, 5.41) is 0. The van der Waals surface area contributed by atoms with Crippen molar-refractivity contribution in [3.63, 3.8) is 0 Å². The van der Waals surface area contributed by atoms with Crippen LogP contribution in [0.15, 0.2) is 0 Å². The summed E-state index contributed by atoms with van der Waals surface area (Å²) in [7, 11) is 0. The van der Waals surface area contributed by atoms with E-state index in [4.69, 9.17) is 10.6 Å². The third-order valence-electron chi connectivity index (χ3n) is 2.53. The van der Waals surface area contributed by atoms with E-state index in [0.717, 1.165) is 13.0 Å². The Morgan fingerprint density at radius 2 is 2.20 bits per heavy atom. The normalized spacial score (nSPS) is 12.5. The van der Waals surface area contributed by atoms with Gasteiger partial charge < -0.3 is 4.74 Å². The van der Waals surface area contributed by atoms with E-state index in [0.29, 0.717) is 18.9 Å². The highest BCUT2D eigenvalue weighted by Gasteiger charge is 2.06. The van der Waals surface area contributed by atoms with Crippen LogP contribution in [0.3, 0.4) is 0 Å². The molecule has 0 rings (SSSR count). The number of rotatable bonds is 9. The van der Waals surface area contributed by atoms with Gasteiger partial charge in [-0.2, -0.15) is 0 Å². The highest BCUT2D eigenvalue weighted by atomic mass is 16.5. The molecule has 0 fully saturated rings. The average molecular weight is 216 g/mol. The number of ether oxygens (including phenoxy) is 1. The lowest BCUT2D eigenvalue weighted by atomic mass is 10.0. The summed E-state index contributed by atoms with van der Waals surface area (Å²) in [6.45, 7) is 5.59. The first kappa shape index (κ1) is 14.4. The molecule has 1 amide bonds. The zero-order chi connectivity index (χ0) is 11.5. The first-order valence-electron chi connectivity index (χ1n) is 5.81. The minimum absolute atomic E-state index is 0.170. The maximum Gasteiger partial charge on any atom is 0.236 e. The number of hydrogen-bond acceptors (Lipinski definition) is 3. The Hall–Kier alpha value is -0.610. The summed E-state index contributed by atoms with van der Waals surface area (Å²) in [4.78, 5) is 10.8. The van der Waals surface area contributed by atoms with Crippen molar-refractivity contribution in [2.24, 2.45) is 11.8 Å². The molecule has 1 unspecified atom stereocenters. The molecule has 0 radical (unpaired) electrons. The van der Waals surface area contributed by atoms with Gasteiger partial charge in [0.05, 0.1) is 13.0 Å². The maximum atomic E-state index is 10.8. The van der Waals surface area contributed by atoms with Crippen molar-refractivity contribution in [1.82, 2.24) is 5.43 Å². The lowest BCUT2D eigenvalue weighted by Crippen LogP contribution is -2.30. The van der Waals surface area contributed by atoms with Crippen molar-refractivity contribution in [3.8, 4) is 0 Å². The van der Waals surface area contributed by atoms with E-state index in [1.54, 1.807) is 0 Å². The number of unbranched alkanes of at least 4 members (excludes halogenated alkanes) is 1. The monoisotopic (exact) mass is 216 g/mol. The van der Waals surface area contributed by atoms with E-state index < -0.39 is 0 Å². The third kappa shape index (κ3) is 8.39. The van der Waals surface area contributed by atoms with Gasteiger partial charge in [-0.25, -0.2) is 5.84 Å². The van der Waals surface area contributed by atoms with Crippen molar-refractivity contribution in [3.05, 3.63) is 0 Å². The molecule has 0 saturated carbocycles. The Balaban J connectivity index is 3.41. The predicted octanol–water partition coefficient (Wildman–Crippen LogP) is 1.60. The maximum absolute atomic E-state index is 10.8. The van der Waals surface area contributed by atoms with Crippen LogP contribution in [0.4, 0.5) is 0 Å². The molecule has 0 aliphatic heterocycles. The molecule has 0 aliphatic rings. The Morgan fingerprint density at radius 1 is 1.47 bits per heavy atom. The Labute approximate surface area is 92.5 Å². The molecule has 0 heterocycles. The topological polar surface area (TPSA) is 64.3 Å². The number of carbonyl (C=O) groups is 1. The molecule has 4 nitrogen and oxygen atoms in total. The first-order chi connectivity index (χ1) is 7.24. The van der Waals surface area contributed by atoms with Crippen molar-refractivity contribution in [1.29, 1.82) is 0 Å². The largest absolute Gasteiger partial charge is 0.381 e. The summed E-state index contributed by atoms with van der Waals surface area (Å²) in [6.07, 6.45) is 5.19. The summed E-state index contributed by atoms with van der Waals surface area (Å²) in [5.41, 5.74) is 2.08. The molecular formula is C11H24N2O2. The van der Waals surface area contributed by atoms with Gasteiger partial charge in [-0.05, 0) is 12.3 Å². The summed E-state index contributed by atoms with van der Waals surface area (Å²) in [6, 6.07) is 0. The molecule has 0 aromatic carbocycles. The van der Waals surface area contributed by atoms with E-state index in [1.807, 2.05) is 0 Å². The smallest absolute Gasteiger partial charge is 0.236 e. The number of hydrogen-bond donors (Lipinski definition) is 2. The molecule has 0 aromatic rings. The number of hydrazine groups is 1. The highest BCUT2D eigenvalue weighted by Crippen LogP contribution is 2.12. The molecular weight excluding hydrogens is 192 g/mol. The standard InChI is InChI=1S/C11H24N2O2/c1-3-5-6-10(4-2)9-15-8-7-11(14)13-12/h10H,3-9,12H2,1-2H3,(H,13,14). The fourth-order valence-electron chi connectivity index (χ4n) is 1.39. The Bertz CT molecular complexity index is 163. The van der Waals surface area contributed by atoms with E-state index in [9.17, 15) is 4.79 Å². The van der Waals surface area contributed by atoms with Crippen LogP contribution in [0, 0.1) is 5.92 Å². The van der Waals surface area contributed by atoms with Crippen LogP contribution in [-0.4, -0.2) is 19.1 Å². The van der Waals surface area contributed by atoms with Gasteiger partial charge in [0.2, 0.25) is 5.91 Å². The van der Waals surface area contributed by atoms with Crippen molar-refractivity contribution < 1.29 is 9.53 Å². The fourth-order valence-corrected chi connectivity index (χ4v) is 1.39. The van der Waals surface area contributed by atoms with Crippen LogP contribution in [0.25, 0.3) is 0 Å².